The number of anilines is 1. The minimum absolute atomic E-state index is 0.0467. The molecular weight excluding hydrogens is 476 g/mol. The van der Waals surface area contributed by atoms with Crippen LogP contribution in [0.4, 0.5) is 10.5 Å². The summed E-state index contributed by atoms with van der Waals surface area (Å²) in [5, 5.41) is 24.3. The van der Waals surface area contributed by atoms with Gasteiger partial charge in [-0.3, -0.25) is 4.79 Å². The van der Waals surface area contributed by atoms with Crippen LogP contribution in [0.25, 0.3) is 0 Å². The number of hydrogen-bond donors (Lipinski definition) is 4. The Kier molecular flexibility index (Phi) is 11.4. The van der Waals surface area contributed by atoms with E-state index in [9.17, 15) is 19.8 Å². The first-order chi connectivity index (χ1) is 17.5. The molecule has 1 heterocycles. The predicted octanol–water partition coefficient (Wildman–Crippen LogP) is 3.85. The molecule has 1 aromatic carbocycles. The van der Waals surface area contributed by atoms with Crippen molar-refractivity contribution in [3.63, 3.8) is 0 Å². The fraction of sp³-hybridized carbons (Fsp3) is 0.500. The second-order valence-corrected chi connectivity index (χ2v) is 9.67. The van der Waals surface area contributed by atoms with E-state index in [0.717, 1.165) is 0 Å². The van der Waals surface area contributed by atoms with Crippen molar-refractivity contribution < 1.29 is 34.0 Å². The predicted molar refractivity (Wildman–Crippen MR) is 142 cm³/mol. The van der Waals surface area contributed by atoms with Crippen molar-refractivity contribution in [2.75, 3.05) is 19.5 Å². The van der Waals surface area contributed by atoms with E-state index in [-0.39, 0.29) is 23.5 Å². The molecule has 0 fully saturated rings. The number of phenols is 1. The maximum absolute atomic E-state index is 12.7. The number of carbonyl (C=O) groups excluding carboxylic acids is 2. The smallest absolute Gasteiger partial charge is 0.405 e. The van der Waals surface area contributed by atoms with Crippen LogP contribution in [-0.4, -0.2) is 60.8 Å². The van der Waals surface area contributed by atoms with Gasteiger partial charge in [0.1, 0.15) is 11.9 Å². The number of rotatable bonds is 3. The molecule has 0 aromatic heterocycles. The highest BCUT2D eigenvalue weighted by Crippen LogP contribution is 2.28. The summed E-state index contributed by atoms with van der Waals surface area (Å²) in [6.45, 7) is 7.30. The van der Waals surface area contributed by atoms with Gasteiger partial charge in [0.05, 0.1) is 12.2 Å². The zero-order valence-corrected chi connectivity index (χ0v) is 22.4. The first-order valence-electron chi connectivity index (χ1n) is 12.3. The number of ether oxygens (including phenoxy) is 3. The van der Waals surface area contributed by atoms with Crippen LogP contribution in [0.3, 0.4) is 0 Å². The van der Waals surface area contributed by atoms with Gasteiger partial charge in [-0.15, -0.1) is 0 Å². The van der Waals surface area contributed by atoms with Crippen molar-refractivity contribution in [3.05, 3.63) is 59.2 Å². The normalized spacial score (nSPS) is 31.8. The number of aliphatic hydroxyl groups excluding tert-OH is 1. The molecule has 5 N–H and O–H groups in total. The van der Waals surface area contributed by atoms with Crippen molar-refractivity contribution >= 4 is 17.7 Å². The van der Waals surface area contributed by atoms with E-state index in [1.807, 2.05) is 19.9 Å². The maximum atomic E-state index is 12.7. The van der Waals surface area contributed by atoms with E-state index in [0.29, 0.717) is 35.2 Å². The molecule has 0 radical (unpaired) electrons. The number of benzene rings is 1. The molecule has 0 saturated heterocycles. The molecule has 2 amide bonds. The van der Waals surface area contributed by atoms with Gasteiger partial charge in [0.15, 0.2) is 6.10 Å². The van der Waals surface area contributed by atoms with E-state index in [1.54, 1.807) is 57.4 Å². The highest BCUT2D eigenvalue weighted by atomic mass is 16.6. The minimum atomic E-state index is -0.959. The molecule has 2 bridgehead atoms. The summed E-state index contributed by atoms with van der Waals surface area (Å²) in [5.41, 5.74) is 7.65. The van der Waals surface area contributed by atoms with Crippen LogP contribution >= 0.6 is 0 Å². The standard InChI is InChI=1S/C28H40N2O7/c1-16-12-20-15-21(10-11-22(20)31)30-27(33)17(2)8-7-9-23(35-5)26(37-28(29)34)19(4)14-18(3)25(32)24(13-16)36-6/h7-11,14-16,18,23-26,31-32H,12-13H2,1-6H3,(H2,29,34)(H,30,33)/b9-7-,17-8+,19-14+/t16-,18?,23?,24?,25?,26?/m1/s1. The third kappa shape index (κ3) is 8.73. The lowest BCUT2D eigenvalue weighted by molar-refractivity contribution is -0.112. The summed E-state index contributed by atoms with van der Waals surface area (Å²) in [6, 6.07) is 4.94. The van der Waals surface area contributed by atoms with Crippen molar-refractivity contribution in [1.82, 2.24) is 0 Å². The average molecular weight is 517 g/mol. The van der Waals surface area contributed by atoms with Gasteiger partial charge >= 0.3 is 6.09 Å². The van der Waals surface area contributed by atoms with Gasteiger partial charge in [-0.1, -0.05) is 38.2 Å². The van der Waals surface area contributed by atoms with Gasteiger partial charge in [-0.05, 0) is 61.9 Å². The zero-order chi connectivity index (χ0) is 27.7. The lowest BCUT2D eigenvalue weighted by atomic mass is 9.88. The number of nitrogens with two attached hydrogens (primary N) is 1. The Morgan fingerprint density at radius 3 is 2.49 bits per heavy atom. The highest BCUT2D eigenvalue weighted by Gasteiger charge is 2.29. The van der Waals surface area contributed by atoms with Crippen LogP contribution in [0.15, 0.2) is 53.6 Å². The van der Waals surface area contributed by atoms with Crippen LogP contribution in [-0.2, 0) is 25.4 Å². The van der Waals surface area contributed by atoms with Crippen molar-refractivity contribution in [2.45, 2.75) is 65.0 Å². The largest absolute Gasteiger partial charge is 0.508 e. The van der Waals surface area contributed by atoms with E-state index in [1.165, 1.54) is 7.11 Å². The van der Waals surface area contributed by atoms with Gasteiger partial charge in [-0.2, -0.15) is 0 Å². The molecular formula is C28H40N2O7. The lowest BCUT2D eigenvalue weighted by Gasteiger charge is -2.29. The molecule has 5 unspecified atom stereocenters. The number of fused-ring (bicyclic) bond motifs is 2. The lowest BCUT2D eigenvalue weighted by Crippen LogP contribution is -2.37. The Bertz CT molecular complexity index is 1030. The number of allylic oxidation sites excluding steroid dienone is 2. The third-order valence-corrected chi connectivity index (χ3v) is 6.56. The number of methoxy groups -OCH3 is 2. The van der Waals surface area contributed by atoms with Crippen LogP contribution in [0.2, 0.25) is 0 Å². The number of nitrogens with one attached hydrogen (secondary N) is 1. The Hall–Kier alpha value is -3.14. The average Bonchev–Trinajstić information content (AvgIpc) is 2.84. The Labute approximate surface area is 219 Å². The summed E-state index contributed by atoms with van der Waals surface area (Å²) < 4.78 is 16.5. The number of aromatic hydroxyl groups is 1. The van der Waals surface area contributed by atoms with E-state index in [4.69, 9.17) is 19.9 Å². The second-order valence-electron chi connectivity index (χ2n) is 9.67. The van der Waals surface area contributed by atoms with E-state index >= 15 is 0 Å². The molecule has 6 atom stereocenters. The molecule has 1 aliphatic heterocycles. The molecule has 9 nitrogen and oxygen atoms in total. The summed E-state index contributed by atoms with van der Waals surface area (Å²) in [7, 11) is 3.02. The third-order valence-electron chi connectivity index (χ3n) is 6.56. The highest BCUT2D eigenvalue weighted by molar-refractivity contribution is 6.03. The van der Waals surface area contributed by atoms with Gasteiger partial charge in [-0.25, -0.2) is 4.79 Å². The first-order valence-corrected chi connectivity index (χ1v) is 12.3. The fourth-order valence-electron chi connectivity index (χ4n) is 4.47. The molecule has 0 saturated carbocycles. The molecule has 1 aliphatic rings. The Morgan fingerprint density at radius 2 is 1.86 bits per heavy atom. The molecule has 204 valence electrons. The summed E-state index contributed by atoms with van der Waals surface area (Å²) in [5.74, 6) is -0.469. The number of carbonyl (C=O) groups is 2. The first kappa shape index (κ1) is 30.1. The maximum Gasteiger partial charge on any atom is 0.405 e. The van der Waals surface area contributed by atoms with Crippen LogP contribution in [0.1, 0.15) is 39.7 Å². The summed E-state index contributed by atoms with van der Waals surface area (Å²) >= 11 is 0. The quantitative estimate of drug-likeness (QED) is 0.353. The summed E-state index contributed by atoms with van der Waals surface area (Å²) in [6.07, 6.45) is 3.95. The van der Waals surface area contributed by atoms with Gasteiger partial charge < -0.3 is 35.5 Å². The fourth-order valence-corrected chi connectivity index (χ4v) is 4.47. The molecule has 2 rings (SSSR count). The Balaban J connectivity index is 2.53. The molecule has 0 spiro atoms. The zero-order valence-electron chi connectivity index (χ0n) is 22.4. The number of phenolic OH excluding ortho intramolecular Hbond substituents is 1. The van der Waals surface area contributed by atoms with Crippen LogP contribution in [0, 0.1) is 11.8 Å². The van der Waals surface area contributed by atoms with Crippen molar-refractivity contribution in [2.24, 2.45) is 17.6 Å². The van der Waals surface area contributed by atoms with Gasteiger partial charge in [0.25, 0.3) is 5.91 Å². The minimum Gasteiger partial charge on any atom is -0.508 e. The summed E-state index contributed by atoms with van der Waals surface area (Å²) in [4.78, 5) is 24.4. The van der Waals surface area contributed by atoms with Crippen LogP contribution in [0.5, 0.6) is 5.75 Å². The number of aliphatic hydroxyl groups is 1. The van der Waals surface area contributed by atoms with E-state index < -0.39 is 30.5 Å². The van der Waals surface area contributed by atoms with Crippen molar-refractivity contribution in [3.8, 4) is 5.75 Å². The number of primary amides is 1. The van der Waals surface area contributed by atoms with Crippen LogP contribution < -0.4 is 11.1 Å². The Morgan fingerprint density at radius 1 is 1.16 bits per heavy atom. The van der Waals surface area contributed by atoms with Gasteiger partial charge in [0.2, 0.25) is 0 Å². The topological polar surface area (TPSA) is 140 Å². The van der Waals surface area contributed by atoms with Crippen molar-refractivity contribution in [1.29, 1.82) is 0 Å². The monoisotopic (exact) mass is 516 g/mol. The second kappa shape index (κ2) is 14.0. The molecule has 0 aliphatic carbocycles. The molecule has 9 heteroatoms. The number of amides is 2. The molecule has 37 heavy (non-hydrogen) atoms. The SMILES string of the molecule is COC1/C=C\C=C(/C)C(=O)Nc2ccc(O)c(c2)C[C@@H](C)CC(OC)C(O)C(C)/C=C(\C)C1OC(N)=O. The molecule has 1 aromatic rings. The number of hydrogen-bond acceptors (Lipinski definition) is 7. The van der Waals surface area contributed by atoms with E-state index in [2.05, 4.69) is 5.32 Å². The van der Waals surface area contributed by atoms with Gasteiger partial charge in [0, 0.05) is 31.4 Å².